The van der Waals surface area contributed by atoms with E-state index in [9.17, 15) is 4.79 Å². The Morgan fingerprint density at radius 3 is 2.54 bits per heavy atom. The second kappa shape index (κ2) is 7.58. The fraction of sp³-hybridized carbons (Fsp3) is 0.316. The summed E-state index contributed by atoms with van der Waals surface area (Å²) in [5.74, 6) is 0.0248. The standard InChI is InChI=1S/C19H23N3O.ClH/c1-13-10-14(2)19(15(3)11-13)21-18(23)12-22-9-8-20-16-6-4-5-7-17(16)22;/h4-7,10-11,20H,8-9,12H2,1-3H3,(H,21,23);1H. The molecule has 0 saturated carbocycles. The van der Waals surface area contributed by atoms with Crippen LogP contribution in [-0.4, -0.2) is 25.5 Å². The number of aryl methyl sites for hydroxylation is 3. The second-order valence-electron chi connectivity index (χ2n) is 6.19. The Morgan fingerprint density at radius 2 is 1.83 bits per heavy atom. The molecule has 0 spiro atoms. The minimum absolute atomic E-state index is 0. The average molecular weight is 346 g/mol. The van der Waals surface area contributed by atoms with Crippen molar-refractivity contribution in [2.75, 3.05) is 35.2 Å². The quantitative estimate of drug-likeness (QED) is 0.886. The van der Waals surface area contributed by atoms with Gasteiger partial charge in [0.2, 0.25) is 5.91 Å². The van der Waals surface area contributed by atoms with Crippen LogP contribution in [0.1, 0.15) is 16.7 Å². The Hall–Kier alpha value is -2.20. The van der Waals surface area contributed by atoms with E-state index in [1.54, 1.807) is 0 Å². The van der Waals surface area contributed by atoms with Crippen molar-refractivity contribution in [2.45, 2.75) is 20.8 Å². The number of carbonyl (C=O) groups excluding carboxylic acids is 1. The third kappa shape index (κ3) is 3.82. The molecular weight excluding hydrogens is 322 g/mol. The third-order valence-corrected chi connectivity index (χ3v) is 4.22. The number of hydrogen-bond donors (Lipinski definition) is 2. The van der Waals surface area contributed by atoms with Gasteiger partial charge in [-0.2, -0.15) is 0 Å². The molecule has 0 aliphatic carbocycles. The van der Waals surface area contributed by atoms with Crippen LogP contribution in [0.5, 0.6) is 0 Å². The van der Waals surface area contributed by atoms with E-state index in [0.717, 1.165) is 41.3 Å². The first-order chi connectivity index (χ1) is 11.0. The summed E-state index contributed by atoms with van der Waals surface area (Å²) in [5, 5.41) is 6.45. The molecule has 1 aliphatic rings. The Bertz CT molecular complexity index is 722. The predicted molar refractivity (Wildman–Crippen MR) is 104 cm³/mol. The molecule has 3 rings (SSSR count). The van der Waals surface area contributed by atoms with Gasteiger partial charge in [-0.15, -0.1) is 12.4 Å². The van der Waals surface area contributed by atoms with E-state index in [1.807, 2.05) is 32.0 Å². The van der Waals surface area contributed by atoms with Crippen molar-refractivity contribution in [3.05, 3.63) is 53.1 Å². The highest BCUT2D eigenvalue weighted by Crippen LogP contribution is 2.28. The van der Waals surface area contributed by atoms with Gasteiger partial charge in [0.1, 0.15) is 0 Å². The van der Waals surface area contributed by atoms with E-state index in [1.165, 1.54) is 5.56 Å². The van der Waals surface area contributed by atoms with E-state index in [-0.39, 0.29) is 18.3 Å². The van der Waals surface area contributed by atoms with Crippen LogP contribution in [0.25, 0.3) is 0 Å². The average Bonchev–Trinajstić information content (AvgIpc) is 2.51. The summed E-state index contributed by atoms with van der Waals surface area (Å²) in [6.45, 7) is 8.20. The summed E-state index contributed by atoms with van der Waals surface area (Å²) >= 11 is 0. The highest BCUT2D eigenvalue weighted by Gasteiger charge is 2.19. The van der Waals surface area contributed by atoms with Gasteiger partial charge < -0.3 is 15.5 Å². The lowest BCUT2D eigenvalue weighted by atomic mass is 10.1. The lowest BCUT2D eigenvalue weighted by molar-refractivity contribution is -0.115. The van der Waals surface area contributed by atoms with E-state index in [4.69, 9.17) is 0 Å². The Labute approximate surface area is 149 Å². The number of hydrogen-bond acceptors (Lipinski definition) is 3. The predicted octanol–water partition coefficient (Wildman–Crippen LogP) is 3.90. The zero-order valence-corrected chi connectivity index (χ0v) is 15.2. The van der Waals surface area contributed by atoms with Crippen molar-refractivity contribution >= 4 is 35.4 Å². The van der Waals surface area contributed by atoms with Gasteiger partial charge in [0.25, 0.3) is 0 Å². The Kier molecular flexibility index (Phi) is 5.73. The summed E-state index contributed by atoms with van der Waals surface area (Å²) in [6.07, 6.45) is 0. The third-order valence-electron chi connectivity index (χ3n) is 4.22. The molecule has 1 heterocycles. The van der Waals surface area contributed by atoms with Crippen LogP contribution in [0.4, 0.5) is 17.1 Å². The van der Waals surface area contributed by atoms with Crippen LogP contribution in [0.2, 0.25) is 0 Å². The number of carbonyl (C=O) groups is 1. The summed E-state index contributed by atoms with van der Waals surface area (Å²) in [5.41, 5.74) is 6.55. The van der Waals surface area contributed by atoms with Gasteiger partial charge in [-0.05, 0) is 44.0 Å². The number of amides is 1. The summed E-state index contributed by atoms with van der Waals surface area (Å²) in [6, 6.07) is 12.3. The number of fused-ring (bicyclic) bond motifs is 1. The molecule has 2 aromatic rings. The molecule has 0 bridgehead atoms. The molecule has 2 aromatic carbocycles. The van der Waals surface area contributed by atoms with Gasteiger partial charge in [-0.3, -0.25) is 4.79 Å². The smallest absolute Gasteiger partial charge is 0.243 e. The molecule has 5 heteroatoms. The number of rotatable bonds is 3. The van der Waals surface area contributed by atoms with Crippen molar-refractivity contribution in [1.82, 2.24) is 0 Å². The topological polar surface area (TPSA) is 44.4 Å². The van der Waals surface area contributed by atoms with Gasteiger partial charge in [-0.1, -0.05) is 29.8 Å². The molecule has 1 aliphatic heterocycles. The van der Waals surface area contributed by atoms with Crippen molar-refractivity contribution < 1.29 is 4.79 Å². The number of nitrogens with one attached hydrogen (secondary N) is 2. The number of para-hydroxylation sites is 2. The lowest BCUT2D eigenvalue weighted by Crippen LogP contribution is -2.39. The van der Waals surface area contributed by atoms with Crippen molar-refractivity contribution in [2.24, 2.45) is 0 Å². The zero-order valence-electron chi connectivity index (χ0n) is 14.3. The molecule has 0 radical (unpaired) electrons. The first kappa shape index (κ1) is 18.1. The second-order valence-corrected chi connectivity index (χ2v) is 6.19. The first-order valence-corrected chi connectivity index (χ1v) is 8.00. The summed E-state index contributed by atoms with van der Waals surface area (Å²) in [4.78, 5) is 14.6. The maximum absolute atomic E-state index is 12.5. The number of halogens is 1. The molecule has 0 fully saturated rings. The number of benzene rings is 2. The fourth-order valence-corrected chi connectivity index (χ4v) is 3.24. The minimum Gasteiger partial charge on any atom is -0.382 e. The van der Waals surface area contributed by atoms with Crippen molar-refractivity contribution in [3.8, 4) is 0 Å². The van der Waals surface area contributed by atoms with E-state index in [2.05, 4.69) is 40.7 Å². The SMILES string of the molecule is Cc1cc(C)c(NC(=O)CN2CCNc3ccccc32)c(C)c1.Cl. The normalized spacial score (nSPS) is 12.7. The highest BCUT2D eigenvalue weighted by atomic mass is 35.5. The summed E-state index contributed by atoms with van der Waals surface area (Å²) < 4.78 is 0. The Balaban J connectivity index is 0.00000208. The zero-order chi connectivity index (χ0) is 16.4. The monoisotopic (exact) mass is 345 g/mol. The number of nitrogens with zero attached hydrogens (tertiary/aromatic N) is 1. The fourth-order valence-electron chi connectivity index (χ4n) is 3.24. The molecule has 2 N–H and O–H groups in total. The molecule has 128 valence electrons. The maximum Gasteiger partial charge on any atom is 0.243 e. The van der Waals surface area contributed by atoms with Crippen LogP contribution in [0.15, 0.2) is 36.4 Å². The van der Waals surface area contributed by atoms with Gasteiger partial charge in [-0.25, -0.2) is 0 Å². The molecule has 0 saturated heterocycles. The largest absolute Gasteiger partial charge is 0.382 e. The first-order valence-electron chi connectivity index (χ1n) is 8.00. The number of anilines is 3. The summed E-state index contributed by atoms with van der Waals surface area (Å²) in [7, 11) is 0. The van der Waals surface area contributed by atoms with Crippen LogP contribution in [-0.2, 0) is 4.79 Å². The molecule has 0 atom stereocenters. The van der Waals surface area contributed by atoms with Crippen LogP contribution < -0.4 is 15.5 Å². The molecule has 0 unspecified atom stereocenters. The van der Waals surface area contributed by atoms with Gasteiger partial charge in [0, 0.05) is 18.8 Å². The highest BCUT2D eigenvalue weighted by molar-refractivity contribution is 5.96. The van der Waals surface area contributed by atoms with Crippen LogP contribution in [0.3, 0.4) is 0 Å². The Morgan fingerprint density at radius 1 is 1.17 bits per heavy atom. The lowest BCUT2D eigenvalue weighted by Gasteiger charge is -2.31. The maximum atomic E-state index is 12.5. The van der Waals surface area contributed by atoms with Gasteiger partial charge in [0.15, 0.2) is 0 Å². The van der Waals surface area contributed by atoms with Gasteiger partial charge >= 0.3 is 0 Å². The molecule has 0 aromatic heterocycles. The molecule has 24 heavy (non-hydrogen) atoms. The van der Waals surface area contributed by atoms with Crippen molar-refractivity contribution in [1.29, 1.82) is 0 Å². The molecule has 1 amide bonds. The van der Waals surface area contributed by atoms with Crippen molar-refractivity contribution in [3.63, 3.8) is 0 Å². The minimum atomic E-state index is 0. The van der Waals surface area contributed by atoms with Crippen LogP contribution in [0, 0.1) is 20.8 Å². The van der Waals surface area contributed by atoms with E-state index < -0.39 is 0 Å². The molecular formula is C19H24ClN3O. The molecule has 4 nitrogen and oxygen atoms in total. The van der Waals surface area contributed by atoms with E-state index >= 15 is 0 Å². The van der Waals surface area contributed by atoms with Crippen LogP contribution >= 0.6 is 12.4 Å². The van der Waals surface area contributed by atoms with E-state index in [0.29, 0.717) is 6.54 Å². The van der Waals surface area contributed by atoms with Gasteiger partial charge in [0.05, 0.1) is 17.9 Å².